The van der Waals surface area contributed by atoms with E-state index in [1.165, 1.54) is 24.6 Å². The predicted octanol–water partition coefficient (Wildman–Crippen LogP) is 6.05. The molecule has 0 saturated heterocycles. The maximum absolute atomic E-state index is 13.6. The first-order valence-electron chi connectivity index (χ1n) is 12.5. The molecule has 3 fully saturated rings. The van der Waals surface area contributed by atoms with Crippen LogP contribution in [0, 0.1) is 38.7 Å². The average Bonchev–Trinajstić information content (AvgIpc) is 3.04. The molecule has 0 N–H and O–H groups in total. The zero-order valence-corrected chi connectivity index (χ0v) is 20.2. The fourth-order valence-electron chi connectivity index (χ4n) is 7.66. The van der Waals surface area contributed by atoms with Gasteiger partial charge in [-0.15, -0.1) is 0 Å². The van der Waals surface area contributed by atoms with Crippen molar-refractivity contribution in [2.45, 2.75) is 71.8 Å². The first-order valence-corrected chi connectivity index (χ1v) is 12.5. The highest BCUT2D eigenvalue weighted by molar-refractivity contribution is 6.06. The van der Waals surface area contributed by atoms with Gasteiger partial charge < -0.3 is 4.74 Å². The molecule has 0 spiro atoms. The molecule has 6 atom stereocenters. The van der Waals surface area contributed by atoms with Crippen LogP contribution in [0.3, 0.4) is 0 Å². The first-order chi connectivity index (χ1) is 16.1. The number of carbonyl (C=O) groups excluding carboxylic acids is 2. The number of non-ortho nitro benzene ring substituents is 1. The Balaban J connectivity index is 1.40. The molecule has 4 aliphatic carbocycles. The second-order valence-electron chi connectivity index (χ2n) is 11.2. The van der Waals surface area contributed by atoms with Crippen molar-refractivity contribution in [3.8, 4) is 0 Å². The number of rotatable bonds is 3. The third kappa shape index (κ3) is 3.62. The molecule has 0 radical (unpaired) electrons. The predicted molar refractivity (Wildman–Crippen MR) is 129 cm³/mol. The Bertz CT molecular complexity index is 1100. The molecule has 0 aliphatic heterocycles. The van der Waals surface area contributed by atoms with Crippen LogP contribution in [-0.2, 0) is 14.3 Å². The number of hydrogen-bond donors (Lipinski definition) is 0. The van der Waals surface area contributed by atoms with Crippen molar-refractivity contribution in [3.05, 3.63) is 57.2 Å². The summed E-state index contributed by atoms with van der Waals surface area (Å²) in [7, 11) is 0. The number of nitrogens with zero attached hydrogens (tertiary/aromatic N) is 1. The van der Waals surface area contributed by atoms with Gasteiger partial charge in [-0.3, -0.25) is 19.7 Å². The van der Waals surface area contributed by atoms with E-state index in [0.29, 0.717) is 17.8 Å². The summed E-state index contributed by atoms with van der Waals surface area (Å²) in [6.07, 6.45) is 10.8. The van der Waals surface area contributed by atoms with Crippen LogP contribution in [0.1, 0.15) is 71.3 Å². The Morgan fingerprint density at radius 2 is 1.79 bits per heavy atom. The normalized spacial score (nSPS) is 37.9. The van der Waals surface area contributed by atoms with Crippen LogP contribution in [0.2, 0.25) is 0 Å². The van der Waals surface area contributed by atoms with Crippen LogP contribution in [0.4, 0.5) is 5.69 Å². The lowest BCUT2D eigenvalue weighted by molar-refractivity contribution is -0.384. The minimum absolute atomic E-state index is 0.00785. The van der Waals surface area contributed by atoms with Crippen LogP contribution in [-0.4, -0.2) is 22.8 Å². The minimum atomic E-state index is -0.404. The fourth-order valence-corrected chi connectivity index (χ4v) is 7.66. The summed E-state index contributed by atoms with van der Waals surface area (Å²) in [4.78, 5) is 35.6. The Morgan fingerprint density at radius 1 is 1.09 bits per heavy atom. The zero-order chi connectivity index (χ0) is 24.3. The number of carbonyl (C=O) groups is 2. The van der Waals surface area contributed by atoms with Crippen molar-refractivity contribution < 1.29 is 19.2 Å². The lowest BCUT2D eigenvalue weighted by Gasteiger charge is -2.56. The highest BCUT2D eigenvalue weighted by atomic mass is 16.6. The van der Waals surface area contributed by atoms with Gasteiger partial charge in [-0.1, -0.05) is 25.5 Å². The molecule has 34 heavy (non-hydrogen) atoms. The molecule has 6 heteroatoms. The van der Waals surface area contributed by atoms with Crippen molar-refractivity contribution in [2.24, 2.45) is 28.6 Å². The number of ether oxygens (including phenoxy) is 1. The summed E-state index contributed by atoms with van der Waals surface area (Å²) in [5, 5.41) is 11.0. The van der Waals surface area contributed by atoms with Crippen molar-refractivity contribution >= 4 is 23.5 Å². The van der Waals surface area contributed by atoms with E-state index < -0.39 is 4.92 Å². The van der Waals surface area contributed by atoms with E-state index in [1.54, 1.807) is 12.1 Å². The van der Waals surface area contributed by atoms with Crippen molar-refractivity contribution in [1.82, 2.24) is 0 Å². The van der Waals surface area contributed by atoms with Gasteiger partial charge in [-0.25, -0.2) is 0 Å². The topological polar surface area (TPSA) is 86.5 Å². The molecule has 5 rings (SSSR count). The van der Waals surface area contributed by atoms with Crippen LogP contribution in [0.15, 0.2) is 41.5 Å². The molecule has 0 amide bonds. The minimum Gasteiger partial charge on any atom is -0.462 e. The molecule has 0 heterocycles. The standard InChI is InChI=1S/C28H33NO5/c1-17(30)34-22-10-12-27(2)20(16-22)6-9-23-24(27)11-13-28(3)25(23)15-19(26(28)31)14-18-4-7-21(8-5-18)29(32)33/h4-8,14,22-25H,9-13,15-16H2,1-3H3/b19-14+/t22-,23-,24+,25+,27+,28+/m1/s1. The lowest BCUT2D eigenvalue weighted by atomic mass is 9.48. The van der Waals surface area contributed by atoms with E-state index >= 15 is 0 Å². The summed E-state index contributed by atoms with van der Waals surface area (Å²) < 4.78 is 5.54. The summed E-state index contributed by atoms with van der Waals surface area (Å²) in [6.45, 7) is 6.04. The SMILES string of the molecule is CC(=O)O[C@@H]1CC[C@@]2(C)C(=CC[C@@H]3[C@@H]2CC[C@]2(C)C(=O)/C(=C/c4ccc([N+](=O)[O-])cc4)C[C@@H]32)C1. The number of fused-ring (bicyclic) bond motifs is 5. The van der Waals surface area contributed by atoms with Gasteiger partial charge in [0.2, 0.25) is 0 Å². The number of ketones is 1. The van der Waals surface area contributed by atoms with Crippen LogP contribution >= 0.6 is 0 Å². The van der Waals surface area contributed by atoms with Gasteiger partial charge in [-0.05, 0) is 91.0 Å². The smallest absolute Gasteiger partial charge is 0.302 e. The number of nitro groups is 1. The van der Waals surface area contributed by atoms with Gasteiger partial charge in [0.15, 0.2) is 5.78 Å². The highest BCUT2D eigenvalue weighted by Crippen LogP contribution is 2.64. The molecule has 0 bridgehead atoms. The van der Waals surface area contributed by atoms with E-state index in [4.69, 9.17) is 4.74 Å². The zero-order valence-electron chi connectivity index (χ0n) is 20.2. The quantitative estimate of drug-likeness (QED) is 0.179. The molecule has 3 saturated carbocycles. The van der Waals surface area contributed by atoms with Gasteiger partial charge in [0.05, 0.1) is 4.92 Å². The van der Waals surface area contributed by atoms with Crippen LogP contribution < -0.4 is 0 Å². The molecule has 6 nitrogen and oxygen atoms in total. The fraction of sp³-hybridized carbons (Fsp3) is 0.571. The summed E-state index contributed by atoms with van der Waals surface area (Å²) in [5.74, 6) is 1.41. The second kappa shape index (κ2) is 8.17. The Kier molecular flexibility index (Phi) is 5.53. The van der Waals surface area contributed by atoms with Crippen LogP contribution in [0.5, 0.6) is 0 Å². The number of nitro benzene ring substituents is 1. The maximum atomic E-state index is 13.6. The molecular weight excluding hydrogens is 430 g/mol. The van der Waals surface area contributed by atoms with Gasteiger partial charge in [0.25, 0.3) is 5.69 Å². The third-order valence-electron chi connectivity index (χ3n) is 9.48. The van der Waals surface area contributed by atoms with Gasteiger partial charge >= 0.3 is 5.97 Å². The van der Waals surface area contributed by atoms with Gasteiger partial charge in [-0.2, -0.15) is 0 Å². The number of benzene rings is 1. The number of hydrogen-bond acceptors (Lipinski definition) is 5. The van der Waals surface area contributed by atoms with Gasteiger partial charge in [0, 0.05) is 30.9 Å². The van der Waals surface area contributed by atoms with E-state index in [-0.39, 0.29) is 34.4 Å². The summed E-state index contributed by atoms with van der Waals surface area (Å²) in [5.41, 5.74) is 3.00. The Hall–Kier alpha value is -2.76. The van der Waals surface area contributed by atoms with Crippen LogP contribution in [0.25, 0.3) is 6.08 Å². The summed E-state index contributed by atoms with van der Waals surface area (Å²) in [6, 6.07) is 6.45. The first kappa shape index (κ1) is 23.0. The van der Waals surface area contributed by atoms with E-state index in [0.717, 1.165) is 56.1 Å². The van der Waals surface area contributed by atoms with E-state index in [9.17, 15) is 19.7 Å². The number of allylic oxidation sites excluding steroid dienone is 2. The molecular formula is C28H33NO5. The monoisotopic (exact) mass is 463 g/mol. The number of Topliss-reactive ketones (excluding diaryl/α,β-unsaturated/α-hetero) is 1. The van der Waals surface area contributed by atoms with E-state index in [2.05, 4.69) is 19.9 Å². The Labute approximate surface area is 200 Å². The van der Waals surface area contributed by atoms with Gasteiger partial charge in [0.1, 0.15) is 6.10 Å². The maximum Gasteiger partial charge on any atom is 0.302 e. The Morgan fingerprint density at radius 3 is 2.47 bits per heavy atom. The second-order valence-corrected chi connectivity index (χ2v) is 11.2. The highest BCUT2D eigenvalue weighted by Gasteiger charge is 2.60. The van der Waals surface area contributed by atoms with E-state index in [1.807, 2.05) is 6.08 Å². The molecule has 180 valence electrons. The van der Waals surface area contributed by atoms with Crippen molar-refractivity contribution in [3.63, 3.8) is 0 Å². The molecule has 0 aromatic heterocycles. The largest absolute Gasteiger partial charge is 0.462 e. The lowest BCUT2D eigenvalue weighted by Crippen LogP contribution is -2.50. The average molecular weight is 464 g/mol. The molecule has 0 unspecified atom stereocenters. The molecule has 1 aromatic carbocycles. The third-order valence-corrected chi connectivity index (χ3v) is 9.48. The molecule has 4 aliphatic rings. The van der Waals surface area contributed by atoms with Crippen molar-refractivity contribution in [2.75, 3.05) is 0 Å². The summed E-state index contributed by atoms with van der Waals surface area (Å²) >= 11 is 0. The number of esters is 1. The van der Waals surface area contributed by atoms with Crippen molar-refractivity contribution in [1.29, 1.82) is 0 Å². The molecule has 1 aromatic rings.